The number of nitrogens with two attached hydrogens (primary N) is 1. The molecule has 1 aromatic carbocycles. The first-order valence-corrected chi connectivity index (χ1v) is 6.93. The first-order chi connectivity index (χ1) is 8.65. The van der Waals surface area contributed by atoms with Gasteiger partial charge in [-0.05, 0) is 42.5 Å². The van der Waals surface area contributed by atoms with E-state index in [2.05, 4.69) is 34.6 Å². The van der Waals surface area contributed by atoms with Crippen molar-refractivity contribution in [3.05, 3.63) is 39.6 Å². The van der Waals surface area contributed by atoms with E-state index in [4.69, 9.17) is 10.5 Å². The molecule has 5 heteroatoms. The number of rotatable bonds is 4. The van der Waals surface area contributed by atoms with Crippen molar-refractivity contribution in [2.45, 2.75) is 19.9 Å². The lowest BCUT2D eigenvalue weighted by atomic mass is 10.1. The fourth-order valence-corrected chi connectivity index (χ4v) is 2.28. The van der Waals surface area contributed by atoms with E-state index in [1.165, 1.54) is 0 Å². The molecule has 0 radical (unpaired) electrons. The quantitative estimate of drug-likeness (QED) is 0.856. The molecular weight excluding hydrogens is 341 g/mol. The molecule has 0 fully saturated rings. The summed E-state index contributed by atoms with van der Waals surface area (Å²) in [5, 5.41) is 4.32. The molecule has 1 atom stereocenters. The minimum atomic E-state index is 0.0521. The summed E-state index contributed by atoms with van der Waals surface area (Å²) < 4.78 is 8.43. The molecule has 0 spiro atoms. The minimum absolute atomic E-state index is 0.0521. The molecule has 2 aromatic rings. The van der Waals surface area contributed by atoms with Crippen LogP contribution in [-0.4, -0.2) is 16.4 Å². The van der Waals surface area contributed by atoms with Crippen molar-refractivity contribution in [3.63, 3.8) is 0 Å². The lowest BCUT2D eigenvalue weighted by molar-refractivity contribution is 0.332. The molecule has 18 heavy (non-hydrogen) atoms. The Morgan fingerprint density at radius 3 is 2.78 bits per heavy atom. The molecule has 2 rings (SSSR count). The number of aromatic nitrogens is 2. The van der Waals surface area contributed by atoms with Crippen molar-refractivity contribution >= 4 is 28.4 Å². The van der Waals surface area contributed by atoms with Gasteiger partial charge in [0, 0.05) is 5.56 Å². The van der Waals surface area contributed by atoms with Crippen LogP contribution in [0, 0.1) is 3.57 Å². The van der Waals surface area contributed by atoms with Crippen LogP contribution in [0.3, 0.4) is 0 Å². The van der Waals surface area contributed by atoms with Gasteiger partial charge in [-0.2, -0.15) is 5.10 Å². The largest absolute Gasteiger partial charge is 0.494 e. The third kappa shape index (κ3) is 2.45. The molecule has 0 saturated heterocycles. The first-order valence-electron chi connectivity index (χ1n) is 5.85. The van der Waals surface area contributed by atoms with Crippen molar-refractivity contribution in [1.29, 1.82) is 0 Å². The van der Waals surface area contributed by atoms with Gasteiger partial charge in [0.25, 0.3) is 0 Å². The summed E-state index contributed by atoms with van der Waals surface area (Å²) in [6.45, 7) is 4.69. The molecule has 2 N–H and O–H groups in total. The molecule has 0 amide bonds. The predicted molar refractivity (Wildman–Crippen MR) is 80.8 cm³/mol. The zero-order chi connectivity index (χ0) is 13.1. The van der Waals surface area contributed by atoms with Crippen LogP contribution in [0.25, 0.3) is 0 Å². The highest BCUT2D eigenvalue weighted by atomic mass is 127. The van der Waals surface area contributed by atoms with Crippen LogP contribution in [0.15, 0.2) is 30.5 Å². The van der Waals surface area contributed by atoms with Gasteiger partial charge < -0.3 is 10.5 Å². The predicted octanol–water partition coefficient (Wildman–Crippen LogP) is 3.08. The average Bonchev–Trinajstić information content (AvgIpc) is 2.70. The Bertz CT molecular complexity index is 539. The van der Waals surface area contributed by atoms with Crippen LogP contribution >= 0.6 is 22.6 Å². The van der Waals surface area contributed by atoms with E-state index < -0.39 is 0 Å². The first kappa shape index (κ1) is 13.2. The van der Waals surface area contributed by atoms with Gasteiger partial charge >= 0.3 is 0 Å². The van der Waals surface area contributed by atoms with Crippen molar-refractivity contribution in [2.24, 2.45) is 0 Å². The highest BCUT2D eigenvalue weighted by molar-refractivity contribution is 14.1. The topological polar surface area (TPSA) is 53.1 Å². The van der Waals surface area contributed by atoms with Gasteiger partial charge in [-0.15, -0.1) is 0 Å². The lowest BCUT2D eigenvalue weighted by Gasteiger charge is -2.18. The molecule has 0 aliphatic carbocycles. The fraction of sp³-hybridized carbons (Fsp3) is 0.308. The number of ether oxygens (including phenoxy) is 1. The van der Waals surface area contributed by atoms with Crippen LogP contribution in [-0.2, 0) is 0 Å². The monoisotopic (exact) mass is 357 g/mol. The molecule has 1 aromatic heterocycles. The van der Waals surface area contributed by atoms with Gasteiger partial charge in [-0.25, -0.2) is 4.68 Å². The summed E-state index contributed by atoms with van der Waals surface area (Å²) in [5.74, 6) is 1.58. The highest BCUT2D eigenvalue weighted by Gasteiger charge is 2.16. The number of anilines is 1. The zero-order valence-corrected chi connectivity index (χ0v) is 12.6. The number of nitrogen functional groups attached to an aromatic ring is 1. The summed E-state index contributed by atoms with van der Waals surface area (Å²) in [5.41, 5.74) is 7.11. The fourth-order valence-electron chi connectivity index (χ4n) is 1.90. The maximum atomic E-state index is 6.02. The molecular formula is C13H16IN3O. The SMILES string of the molecule is CCOc1ccccc1C(C)n1ncc(I)c1N. The Morgan fingerprint density at radius 1 is 1.44 bits per heavy atom. The van der Waals surface area contributed by atoms with Crippen LogP contribution < -0.4 is 10.5 Å². The third-order valence-corrected chi connectivity index (χ3v) is 3.65. The Hall–Kier alpha value is -1.24. The number of para-hydroxylation sites is 1. The van der Waals surface area contributed by atoms with Gasteiger partial charge in [-0.3, -0.25) is 0 Å². The van der Waals surface area contributed by atoms with Gasteiger partial charge in [0.05, 0.1) is 22.4 Å². The van der Waals surface area contributed by atoms with E-state index in [9.17, 15) is 0 Å². The summed E-state index contributed by atoms with van der Waals surface area (Å²) in [6.07, 6.45) is 1.77. The summed E-state index contributed by atoms with van der Waals surface area (Å²) in [7, 11) is 0. The van der Waals surface area contributed by atoms with Crippen LogP contribution in [0.5, 0.6) is 5.75 Å². The maximum absolute atomic E-state index is 6.02. The van der Waals surface area contributed by atoms with E-state index in [1.54, 1.807) is 6.20 Å². The zero-order valence-electron chi connectivity index (χ0n) is 10.4. The van der Waals surface area contributed by atoms with Gasteiger partial charge in [0.2, 0.25) is 0 Å². The number of hydrogen-bond acceptors (Lipinski definition) is 3. The molecule has 1 heterocycles. The molecule has 0 aliphatic rings. The Balaban J connectivity index is 2.39. The highest BCUT2D eigenvalue weighted by Crippen LogP contribution is 2.29. The van der Waals surface area contributed by atoms with E-state index >= 15 is 0 Å². The van der Waals surface area contributed by atoms with Crippen molar-refractivity contribution in [2.75, 3.05) is 12.3 Å². The van der Waals surface area contributed by atoms with Crippen LogP contribution in [0.4, 0.5) is 5.82 Å². The van der Waals surface area contributed by atoms with Crippen LogP contribution in [0.1, 0.15) is 25.5 Å². The number of halogens is 1. The van der Waals surface area contributed by atoms with E-state index in [0.717, 1.165) is 14.9 Å². The third-order valence-electron chi connectivity index (χ3n) is 2.82. The van der Waals surface area contributed by atoms with Gasteiger partial charge in [0.15, 0.2) is 0 Å². The summed E-state index contributed by atoms with van der Waals surface area (Å²) >= 11 is 2.18. The number of benzene rings is 1. The number of nitrogens with zero attached hydrogens (tertiary/aromatic N) is 2. The normalized spacial score (nSPS) is 12.4. The summed E-state index contributed by atoms with van der Waals surface area (Å²) in [4.78, 5) is 0. The van der Waals surface area contributed by atoms with Gasteiger partial charge in [-0.1, -0.05) is 18.2 Å². The molecule has 0 bridgehead atoms. The molecule has 96 valence electrons. The molecule has 4 nitrogen and oxygen atoms in total. The average molecular weight is 357 g/mol. The lowest BCUT2D eigenvalue weighted by Crippen LogP contribution is -2.13. The van der Waals surface area contributed by atoms with Crippen LogP contribution in [0.2, 0.25) is 0 Å². The van der Waals surface area contributed by atoms with E-state index in [-0.39, 0.29) is 6.04 Å². The van der Waals surface area contributed by atoms with Gasteiger partial charge in [0.1, 0.15) is 11.6 Å². The Morgan fingerprint density at radius 2 is 2.17 bits per heavy atom. The molecule has 0 aliphatic heterocycles. The Labute approximate surface area is 120 Å². The molecule has 1 unspecified atom stereocenters. The minimum Gasteiger partial charge on any atom is -0.494 e. The smallest absolute Gasteiger partial charge is 0.135 e. The maximum Gasteiger partial charge on any atom is 0.135 e. The second-order valence-corrected chi connectivity index (χ2v) is 5.13. The van der Waals surface area contributed by atoms with E-state index in [0.29, 0.717) is 12.4 Å². The van der Waals surface area contributed by atoms with E-state index in [1.807, 2.05) is 35.9 Å². The van der Waals surface area contributed by atoms with Crippen molar-refractivity contribution in [3.8, 4) is 5.75 Å². The molecule has 0 saturated carbocycles. The second kappa shape index (κ2) is 5.60. The second-order valence-electron chi connectivity index (χ2n) is 3.97. The van der Waals surface area contributed by atoms with Crippen molar-refractivity contribution < 1.29 is 4.74 Å². The number of hydrogen-bond donors (Lipinski definition) is 1. The van der Waals surface area contributed by atoms with Crippen molar-refractivity contribution in [1.82, 2.24) is 9.78 Å². The standard InChI is InChI=1S/C13H16IN3O/c1-3-18-12-7-5-4-6-10(12)9(2)17-13(15)11(14)8-16-17/h4-9H,3,15H2,1-2H3. The Kier molecular flexibility index (Phi) is 4.11. The summed E-state index contributed by atoms with van der Waals surface area (Å²) in [6, 6.07) is 8.04.